The fourth-order valence-electron chi connectivity index (χ4n) is 3.86. The van der Waals surface area contributed by atoms with Crippen LogP contribution in [0, 0.1) is 11.3 Å². The summed E-state index contributed by atoms with van der Waals surface area (Å²) in [4.78, 5) is 27.0. The molecule has 38 heavy (non-hydrogen) atoms. The van der Waals surface area contributed by atoms with Gasteiger partial charge in [-0.1, -0.05) is 60.1 Å². The number of amides is 1. The molecule has 0 saturated carbocycles. The highest BCUT2D eigenvalue weighted by Gasteiger charge is 2.18. The third kappa shape index (κ3) is 5.96. The van der Waals surface area contributed by atoms with Crippen molar-refractivity contribution in [1.82, 2.24) is 4.57 Å². The van der Waals surface area contributed by atoms with Gasteiger partial charge >= 0.3 is 0 Å². The summed E-state index contributed by atoms with van der Waals surface area (Å²) in [6, 6.07) is 24.1. The molecule has 4 aromatic rings. The van der Waals surface area contributed by atoms with Crippen molar-refractivity contribution in [2.45, 2.75) is 26.7 Å². The number of halogens is 1. The Bertz CT molecular complexity index is 1680. The van der Waals surface area contributed by atoms with Gasteiger partial charge in [-0.25, -0.2) is 0 Å². The van der Waals surface area contributed by atoms with E-state index in [0.717, 1.165) is 21.4 Å². The van der Waals surface area contributed by atoms with Crippen molar-refractivity contribution < 1.29 is 9.53 Å². The average molecular weight is 589 g/mol. The first-order valence-corrected chi connectivity index (χ1v) is 13.7. The van der Waals surface area contributed by atoms with E-state index in [1.54, 1.807) is 30.3 Å². The number of nitrogens with one attached hydrogen (secondary N) is 1. The van der Waals surface area contributed by atoms with Crippen molar-refractivity contribution in [3.05, 3.63) is 108 Å². The van der Waals surface area contributed by atoms with Gasteiger partial charge in [0.05, 0.1) is 16.8 Å². The van der Waals surface area contributed by atoms with Gasteiger partial charge < -0.3 is 10.1 Å². The van der Waals surface area contributed by atoms with Gasteiger partial charge in [0.1, 0.15) is 16.5 Å². The molecule has 0 aliphatic heterocycles. The van der Waals surface area contributed by atoms with Crippen LogP contribution in [0.5, 0.6) is 5.75 Å². The van der Waals surface area contributed by atoms with E-state index in [1.165, 1.54) is 4.57 Å². The topological polar surface area (TPSA) is 84.1 Å². The molecule has 8 heteroatoms. The molecule has 1 N–H and O–H groups in total. The van der Waals surface area contributed by atoms with Crippen LogP contribution in [0.1, 0.15) is 37.8 Å². The molecular weight excluding hydrogens is 562 g/mol. The summed E-state index contributed by atoms with van der Waals surface area (Å²) in [6.45, 7) is 6.54. The number of rotatable bonds is 7. The molecule has 6 nitrogen and oxygen atoms in total. The Morgan fingerprint density at radius 1 is 1.13 bits per heavy atom. The van der Waals surface area contributed by atoms with E-state index in [0.29, 0.717) is 39.7 Å². The van der Waals surface area contributed by atoms with Crippen LogP contribution in [0.3, 0.4) is 0 Å². The van der Waals surface area contributed by atoms with Crippen molar-refractivity contribution in [2.24, 2.45) is 0 Å². The molecule has 0 atom stereocenters. The number of benzene rings is 3. The highest BCUT2D eigenvalue weighted by molar-refractivity contribution is 9.10. The van der Waals surface area contributed by atoms with Crippen molar-refractivity contribution in [1.29, 1.82) is 5.26 Å². The molecule has 192 valence electrons. The maximum Gasteiger partial charge on any atom is 0.273 e. The van der Waals surface area contributed by atoms with Crippen molar-refractivity contribution >= 4 is 50.5 Å². The lowest BCUT2D eigenvalue weighted by atomic mass is 10.0. The first kappa shape index (κ1) is 27.1. The molecule has 0 bridgehead atoms. The van der Waals surface area contributed by atoms with Gasteiger partial charge in [0, 0.05) is 15.7 Å². The smallest absolute Gasteiger partial charge is 0.273 e. The summed E-state index contributed by atoms with van der Waals surface area (Å²) in [5.74, 6) is 0.402. The molecule has 0 aliphatic rings. The summed E-state index contributed by atoms with van der Waals surface area (Å²) in [7, 11) is 0. The third-order valence-corrected chi connectivity index (χ3v) is 7.37. The van der Waals surface area contributed by atoms with Gasteiger partial charge in [-0.2, -0.15) is 5.26 Å². The predicted molar refractivity (Wildman–Crippen MR) is 156 cm³/mol. The molecule has 1 amide bonds. The number of nitriles is 1. The maximum atomic E-state index is 13.7. The first-order chi connectivity index (χ1) is 18.3. The Kier molecular flexibility index (Phi) is 8.62. The molecule has 0 fully saturated rings. The SMILES string of the molecule is CCOc1ccc(Br)cc1/C=c1/s/c(=C(\C#N)C(=O)Nc2ccc(C(C)C)cc2)n(-c2ccccc2)c1=O. The van der Waals surface area contributed by atoms with E-state index in [2.05, 4.69) is 35.1 Å². The van der Waals surface area contributed by atoms with Gasteiger partial charge in [-0.05, 0) is 66.9 Å². The number of nitrogens with zero attached hydrogens (tertiary/aromatic N) is 2. The highest BCUT2D eigenvalue weighted by Crippen LogP contribution is 2.24. The number of carbonyl (C=O) groups excluding carboxylic acids is 1. The van der Waals surface area contributed by atoms with Crippen molar-refractivity contribution in [2.75, 3.05) is 11.9 Å². The first-order valence-electron chi connectivity index (χ1n) is 12.1. The minimum Gasteiger partial charge on any atom is -0.493 e. The molecule has 0 unspecified atom stereocenters. The second-order valence-corrected chi connectivity index (χ2v) is 10.7. The van der Waals surface area contributed by atoms with Crippen LogP contribution in [-0.4, -0.2) is 17.1 Å². The van der Waals surface area contributed by atoms with Crippen LogP contribution in [0.25, 0.3) is 17.3 Å². The average Bonchev–Trinajstić information content (AvgIpc) is 3.22. The molecule has 0 aliphatic carbocycles. The molecular formula is C30H26BrN3O3S. The van der Waals surface area contributed by atoms with E-state index in [-0.39, 0.29) is 15.8 Å². The van der Waals surface area contributed by atoms with Gasteiger partial charge in [0.25, 0.3) is 11.5 Å². The number of anilines is 1. The van der Waals surface area contributed by atoms with Crippen LogP contribution in [-0.2, 0) is 4.79 Å². The van der Waals surface area contributed by atoms with Crippen molar-refractivity contribution in [3.63, 3.8) is 0 Å². The molecule has 3 aromatic carbocycles. The van der Waals surface area contributed by atoms with Crippen LogP contribution in [0.2, 0.25) is 0 Å². The number of para-hydroxylation sites is 1. The third-order valence-electron chi connectivity index (χ3n) is 5.78. The number of hydrogen-bond acceptors (Lipinski definition) is 5. The Labute approximate surface area is 233 Å². The Balaban J connectivity index is 1.91. The van der Waals surface area contributed by atoms with E-state index in [9.17, 15) is 14.9 Å². The number of carbonyl (C=O) groups is 1. The lowest BCUT2D eigenvalue weighted by Crippen LogP contribution is -2.32. The van der Waals surface area contributed by atoms with E-state index < -0.39 is 5.91 Å². The normalized spacial score (nSPS) is 12.3. The Morgan fingerprint density at radius 2 is 1.84 bits per heavy atom. The standard InChI is InChI=1S/C30H26BrN3O3S/c1-4-37-26-15-12-22(31)16-21(26)17-27-29(36)34(24-8-6-5-7-9-24)30(38-27)25(18-32)28(35)33-23-13-10-20(11-14-23)19(2)3/h5-17,19H,4H2,1-3H3,(H,33,35)/b27-17+,30-25+. The predicted octanol–water partition coefficient (Wildman–Crippen LogP) is 5.33. The number of thiazole rings is 1. The molecule has 0 saturated heterocycles. The van der Waals surface area contributed by atoms with Crippen LogP contribution in [0.15, 0.2) is 82.1 Å². The number of ether oxygens (including phenoxy) is 1. The summed E-state index contributed by atoms with van der Waals surface area (Å²) in [6.07, 6.45) is 1.73. The molecule has 0 spiro atoms. The van der Waals surface area contributed by atoms with Gasteiger partial charge in [0.2, 0.25) is 0 Å². The lowest BCUT2D eigenvalue weighted by molar-refractivity contribution is -0.111. The van der Waals surface area contributed by atoms with E-state index in [4.69, 9.17) is 4.74 Å². The molecule has 1 heterocycles. The molecule has 0 radical (unpaired) electrons. The maximum absolute atomic E-state index is 13.7. The van der Waals surface area contributed by atoms with Gasteiger partial charge in [0.15, 0.2) is 5.57 Å². The highest BCUT2D eigenvalue weighted by atomic mass is 79.9. The second kappa shape index (κ2) is 12.1. The number of aromatic nitrogens is 1. The minimum atomic E-state index is -0.584. The Hall–Kier alpha value is -3.93. The fourth-order valence-corrected chi connectivity index (χ4v) is 5.33. The zero-order valence-electron chi connectivity index (χ0n) is 21.2. The van der Waals surface area contributed by atoms with E-state index >= 15 is 0 Å². The van der Waals surface area contributed by atoms with Crippen LogP contribution < -0.4 is 24.8 Å². The molecule has 1 aromatic heterocycles. The van der Waals surface area contributed by atoms with Crippen LogP contribution in [0.4, 0.5) is 5.69 Å². The minimum absolute atomic E-state index is 0.150. The molecule has 4 rings (SSSR count). The summed E-state index contributed by atoms with van der Waals surface area (Å²) in [5, 5.41) is 12.9. The lowest BCUT2D eigenvalue weighted by Gasteiger charge is -2.08. The Morgan fingerprint density at radius 3 is 2.47 bits per heavy atom. The van der Waals surface area contributed by atoms with Gasteiger partial charge in [-0.15, -0.1) is 11.3 Å². The quantitative estimate of drug-likeness (QED) is 0.317. The van der Waals surface area contributed by atoms with Crippen LogP contribution >= 0.6 is 27.3 Å². The van der Waals surface area contributed by atoms with Crippen molar-refractivity contribution in [3.8, 4) is 17.5 Å². The largest absolute Gasteiger partial charge is 0.493 e. The second-order valence-electron chi connectivity index (χ2n) is 8.72. The van der Waals surface area contributed by atoms with E-state index in [1.807, 2.05) is 61.5 Å². The van der Waals surface area contributed by atoms with Gasteiger partial charge in [-0.3, -0.25) is 14.2 Å². The summed E-state index contributed by atoms with van der Waals surface area (Å²) in [5.41, 5.74) is 2.50. The zero-order valence-corrected chi connectivity index (χ0v) is 23.6. The number of hydrogen-bond donors (Lipinski definition) is 1. The summed E-state index contributed by atoms with van der Waals surface area (Å²) >= 11 is 4.57. The zero-order chi connectivity index (χ0) is 27.2. The fraction of sp³-hybridized carbons (Fsp3) is 0.167. The summed E-state index contributed by atoms with van der Waals surface area (Å²) < 4.78 is 8.60. The monoisotopic (exact) mass is 587 g/mol.